The van der Waals surface area contributed by atoms with Crippen LogP contribution in [-0.4, -0.2) is 56.3 Å². The maximum absolute atomic E-state index is 12.2. The van der Waals surface area contributed by atoms with Crippen molar-refractivity contribution in [1.82, 2.24) is 10.2 Å². The van der Waals surface area contributed by atoms with Crippen molar-refractivity contribution >= 4 is 21.7 Å². The van der Waals surface area contributed by atoms with Crippen molar-refractivity contribution in [2.75, 3.05) is 25.1 Å². The number of likely N-dealkylation sites (tertiary alicyclic amines) is 1. The number of hydrogen-bond acceptors (Lipinski definition) is 4. The SMILES string of the molecule is CNC(=O)[C@H]1CCCN1C(=O)[C@H]1CCS(=O)(=O)C1. The zero-order valence-corrected chi connectivity index (χ0v) is 11.2. The number of likely N-dealkylation sites (N-methyl/N-ethyl adjacent to an activating group) is 1. The van der Waals surface area contributed by atoms with E-state index in [0.717, 1.165) is 6.42 Å². The van der Waals surface area contributed by atoms with Crippen LogP contribution in [0.4, 0.5) is 0 Å². The van der Waals surface area contributed by atoms with Crippen LogP contribution in [0.25, 0.3) is 0 Å². The molecule has 2 rings (SSSR count). The Bertz CT molecular complexity index is 460. The van der Waals surface area contributed by atoms with Gasteiger partial charge >= 0.3 is 0 Å². The second-order valence-electron chi connectivity index (χ2n) is 4.90. The molecule has 2 amide bonds. The molecule has 1 N–H and O–H groups in total. The van der Waals surface area contributed by atoms with E-state index in [1.807, 2.05) is 0 Å². The number of amides is 2. The van der Waals surface area contributed by atoms with Gasteiger partial charge in [-0.15, -0.1) is 0 Å². The predicted molar refractivity (Wildman–Crippen MR) is 65.6 cm³/mol. The lowest BCUT2D eigenvalue weighted by Gasteiger charge is -2.25. The molecule has 2 aliphatic heterocycles. The molecule has 102 valence electrons. The molecule has 2 fully saturated rings. The van der Waals surface area contributed by atoms with Crippen molar-refractivity contribution in [2.45, 2.75) is 25.3 Å². The highest BCUT2D eigenvalue weighted by Crippen LogP contribution is 2.25. The van der Waals surface area contributed by atoms with E-state index >= 15 is 0 Å². The fraction of sp³-hybridized carbons (Fsp3) is 0.818. The summed E-state index contributed by atoms with van der Waals surface area (Å²) in [5.74, 6) is -0.783. The minimum atomic E-state index is -3.06. The Hall–Kier alpha value is -1.11. The van der Waals surface area contributed by atoms with Crippen molar-refractivity contribution in [3.05, 3.63) is 0 Å². The van der Waals surface area contributed by atoms with Crippen LogP contribution in [0.1, 0.15) is 19.3 Å². The number of rotatable bonds is 2. The van der Waals surface area contributed by atoms with Gasteiger partial charge in [-0.05, 0) is 19.3 Å². The van der Waals surface area contributed by atoms with Gasteiger partial charge in [0.2, 0.25) is 11.8 Å². The van der Waals surface area contributed by atoms with E-state index in [0.29, 0.717) is 19.4 Å². The van der Waals surface area contributed by atoms with Crippen LogP contribution in [0.3, 0.4) is 0 Å². The van der Waals surface area contributed by atoms with Crippen LogP contribution in [0.5, 0.6) is 0 Å². The van der Waals surface area contributed by atoms with Crippen LogP contribution in [-0.2, 0) is 19.4 Å². The van der Waals surface area contributed by atoms with Crippen molar-refractivity contribution in [3.63, 3.8) is 0 Å². The lowest BCUT2D eigenvalue weighted by molar-refractivity contribution is -0.140. The van der Waals surface area contributed by atoms with E-state index < -0.39 is 21.8 Å². The Kier molecular flexibility index (Phi) is 3.61. The summed E-state index contributed by atoms with van der Waals surface area (Å²) in [4.78, 5) is 25.4. The number of nitrogens with zero attached hydrogens (tertiary/aromatic N) is 1. The summed E-state index contributed by atoms with van der Waals surface area (Å²) >= 11 is 0. The largest absolute Gasteiger partial charge is 0.357 e. The molecule has 7 heteroatoms. The first-order valence-electron chi connectivity index (χ1n) is 6.17. The molecule has 0 saturated carbocycles. The van der Waals surface area contributed by atoms with Gasteiger partial charge in [0.05, 0.1) is 17.4 Å². The fourth-order valence-electron chi connectivity index (χ4n) is 2.69. The average molecular weight is 274 g/mol. The molecule has 0 spiro atoms. The summed E-state index contributed by atoms with van der Waals surface area (Å²) in [5, 5.41) is 2.55. The van der Waals surface area contributed by atoms with Crippen molar-refractivity contribution in [2.24, 2.45) is 5.92 Å². The van der Waals surface area contributed by atoms with Gasteiger partial charge < -0.3 is 10.2 Å². The van der Waals surface area contributed by atoms with E-state index in [9.17, 15) is 18.0 Å². The first kappa shape index (κ1) is 13.3. The first-order chi connectivity index (χ1) is 8.44. The van der Waals surface area contributed by atoms with Gasteiger partial charge in [-0.3, -0.25) is 9.59 Å². The lowest BCUT2D eigenvalue weighted by atomic mass is 10.1. The number of sulfone groups is 1. The molecule has 0 aromatic rings. The summed E-state index contributed by atoms with van der Waals surface area (Å²) in [6, 6.07) is -0.425. The number of hydrogen-bond donors (Lipinski definition) is 1. The van der Waals surface area contributed by atoms with Crippen LogP contribution in [0, 0.1) is 5.92 Å². The van der Waals surface area contributed by atoms with Gasteiger partial charge in [0, 0.05) is 13.6 Å². The standard InChI is InChI=1S/C11H18N2O4S/c1-12-10(14)9-3-2-5-13(9)11(15)8-4-6-18(16,17)7-8/h8-9H,2-7H2,1H3,(H,12,14)/t8-,9+/m0/s1. The number of nitrogens with one attached hydrogen (secondary N) is 1. The first-order valence-corrected chi connectivity index (χ1v) is 7.99. The third-order valence-electron chi connectivity index (χ3n) is 3.67. The molecule has 6 nitrogen and oxygen atoms in total. The van der Waals surface area contributed by atoms with Crippen LogP contribution in [0.15, 0.2) is 0 Å². The second-order valence-corrected chi connectivity index (χ2v) is 7.13. The summed E-state index contributed by atoms with van der Waals surface area (Å²) in [6.07, 6.45) is 1.84. The summed E-state index contributed by atoms with van der Waals surface area (Å²) in [5.41, 5.74) is 0. The lowest BCUT2D eigenvalue weighted by Crippen LogP contribution is -2.47. The van der Waals surface area contributed by atoms with Gasteiger partial charge in [-0.2, -0.15) is 0 Å². The monoisotopic (exact) mass is 274 g/mol. The topological polar surface area (TPSA) is 83.6 Å². The Balaban J connectivity index is 2.07. The second kappa shape index (κ2) is 4.87. The third kappa shape index (κ3) is 2.50. The summed E-state index contributed by atoms with van der Waals surface area (Å²) in [7, 11) is -1.52. The molecule has 0 bridgehead atoms. The fourth-order valence-corrected chi connectivity index (χ4v) is 4.43. The summed E-state index contributed by atoms with van der Waals surface area (Å²) < 4.78 is 22.8. The molecule has 0 unspecified atom stereocenters. The molecule has 2 heterocycles. The third-order valence-corrected chi connectivity index (χ3v) is 5.43. The zero-order valence-electron chi connectivity index (χ0n) is 10.4. The van der Waals surface area contributed by atoms with E-state index in [4.69, 9.17) is 0 Å². The van der Waals surface area contributed by atoms with E-state index in [1.165, 1.54) is 0 Å². The van der Waals surface area contributed by atoms with Gasteiger partial charge in [-0.1, -0.05) is 0 Å². The Morgan fingerprint density at radius 3 is 2.56 bits per heavy atom. The Labute approximate surface area is 107 Å². The minimum Gasteiger partial charge on any atom is -0.357 e. The highest BCUT2D eigenvalue weighted by atomic mass is 32.2. The molecular weight excluding hydrogens is 256 g/mol. The Morgan fingerprint density at radius 2 is 2.00 bits per heavy atom. The maximum atomic E-state index is 12.2. The number of carbonyl (C=O) groups is 2. The normalized spacial score (nSPS) is 30.4. The zero-order chi connectivity index (χ0) is 13.3. The van der Waals surface area contributed by atoms with E-state index in [-0.39, 0.29) is 23.3 Å². The van der Waals surface area contributed by atoms with Crippen LogP contribution < -0.4 is 5.32 Å². The molecular formula is C11H18N2O4S. The van der Waals surface area contributed by atoms with Crippen LogP contribution >= 0.6 is 0 Å². The van der Waals surface area contributed by atoms with Crippen molar-refractivity contribution in [1.29, 1.82) is 0 Å². The van der Waals surface area contributed by atoms with Crippen molar-refractivity contribution in [3.8, 4) is 0 Å². The highest BCUT2D eigenvalue weighted by Gasteiger charge is 2.40. The Morgan fingerprint density at radius 1 is 1.28 bits per heavy atom. The molecule has 0 aromatic heterocycles. The van der Waals surface area contributed by atoms with Gasteiger partial charge in [-0.25, -0.2) is 8.42 Å². The van der Waals surface area contributed by atoms with Crippen molar-refractivity contribution < 1.29 is 18.0 Å². The van der Waals surface area contributed by atoms with Gasteiger partial charge in [0.25, 0.3) is 0 Å². The highest BCUT2D eigenvalue weighted by molar-refractivity contribution is 7.91. The quantitative estimate of drug-likeness (QED) is 0.711. The van der Waals surface area contributed by atoms with Gasteiger partial charge in [0.1, 0.15) is 6.04 Å². The molecule has 18 heavy (non-hydrogen) atoms. The predicted octanol–water partition coefficient (Wildman–Crippen LogP) is -0.842. The average Bonchev–Trinajstić information content (AvgIpc) is 2.93. The van der Waals surface area contributed by atoms with Crippen LogP contribution in [0.2, 0.25) is 0 Å². The molecule has 0 radical (unpaired) electrons. The number of carbonyl (C=O) groups excluding carboxylic acids is 2. The van der Waals surface area contributed by atoms with Gasteiger partial charge in [0.15, 0.2) is 9.84 Å². The maximum Gasteiger partial charge on any atom is 0.242 e. The minimum absolute atomic E-state index is 0.0667. The molecule has 0 aliphatic carbocycles. The molecule has 2 aliphatic rings. The molecule has 0 aromatic carbocycles. The molecule has 2 atom stereocenters. The van der Waals surface area contributed by atoms with E-state index in [2.05, 4.69) is 5.32 Å². The summed E-state index contributed by atoms with van der Waals surface area (Å²) in [6.45, 7) is 0.549. The molecule has 2 saturated heterocycles. The smallest absolute Gasteiger partial charge is 0.242 e. The van der Waals surface area contributed by atoms with E-state index in [1.54, 1.807) is 11.9 Å².